The van der Waals surface area contributed by atoms with Crippen LogP contribution in [0.1, 0.15) is 35.7 Å². The van der Waals surface area contributed by atoms with Crippen molar-refractivity contribution in [2.75, 3.05) is 18.5 Å². The maximum atomic E-state index is 12.4. The van der Waals surface area contributed by atoms with Crippen molar-refractivity contribution in [3.8, 4) is 6.07 Å². The molecule has 7 heteroatoms. The van der Waals surface area contributed by atoms with E-state index in [1.807, 2.05) is 6.07 Å². The fraction of sp³-hybridized carbons (Fsp3) is 0.333. The molecule has 2 heterocycles. The van der Waals surface area contributed by atoms with Crippen LogP contribution in [0, 0.1) is 11.3 Å². The van der Waals surface area contributed by atoms with Gasteiger partial charge in [-0.1, -0.05) is 0 Å². The van der Waals surface area contributed by atoms with E-state index >= 15 is 0 Å². The number of carbonyl (C=O) groups is 1. The number of aryl methyl sites for hydroxylation is 1. The second kappa shape index (κ2) is 7.18. The van der Waals surface area contributed by atoms with E-state index < -0.39 is 0 Å². The molecule has 0 spiro atoms. The molecule has 0 bridgehead atoms. The highest BCUT2D eigenvalue weighted by atomic mass is 16.2. The van der Waals surface area contributed by atoms with Crippen molar-refractivity contribution in [1.29, 1.82) is 5.26 Å². The maximum absolute atomic E-state index is 12.4. The smallest absolute Gasteiger partial charge is 0.248 e. The third-order valence-electron chi connectivity index (χ3n) is 4.32. The molecule has 1 aliphatic rings. The fourth-order valence-electron chi connectivity index (χ4n) is 3.06. The molecule has 0 fully saturated rings. The summed E-state index contributed by atoms with van der Waals surface area (Å²) in [5.74, 6) is 0.514. The summed E-state index contributed by atoms with van der Waals surface area (Å²) in [6.07, 6.45) is 4.08. The number of aromatic nitrogens is 2. The Labute approximate surface area is 145 Å². The maximum Gasteiger partial charge on any atom is 0.248 e. The number of amides is 1. The van der Waals surface area contributed by atoms with Crippen molar-refractivity contribution in [3.63, 3.8) is 0 Å². The van der Waals surface area contributed by atoms with Crippen molar-refractivity contribution in [1.82, 2.24) is 15.3 Å². The SMILES string of the molecule is CN(CC(=O)NC1CCCc2[nH]c(=O)ccc21)c1ccc(C#N)cn1. The second-order valence-electron chi connectivity index (χ2n) is 6.14. The molecule has 1 unspecified atom stereocenters. The van der Waals surface area contributed by atoms with E-state index in [0.29, 0.717) is 11.4 Å². The molecular weight excluding hydrogens is 318 g/mol. The number of carbonyl (C=O) groups excluding carboxylic acids is 1. The van der Waals surface area contributed by atoms with Crippen molar-refractivity contribution >= 4 is 11.7 Å². The molecule has 1 aliphatic carbocycles. The molecule has 7 nitrogen and oxygen atoms in total. The number of nitrogens with zero attached hydrogens (tertiary/aromatic N) is 3. The summed E-state index contributed by atoms with van der Waals surface area (Å²) in [6, 6.07) is 8.61. The van der Waals surface area contributed by atoms with E-state index in [4.69, 9.17) is 5.26 Å². The van der Waals surface area contributed by atoms with E-state index in [1.165, 1.54) is 12.3 Å². The van der Waals surface area contributed by atoms with Crippen molar-refractivity contribution < 1.29 is 4.79 Å². The lowest BCUT2D eigenvalue weighted by atomic mass is 9.91. The van der Waals surface area contributed by atoms with Gasteiger partial charge >= 0.3 is 0 Å². The fourth-order valence-corrected chi connectivity index (χ4v) is 3.06. The van der Waals surface area contributed by atoms with Gasteiger partial charge in [0.15, 0.2) is 0 Å². The summed E-state index contributed by atoms with van der Waals surface area (Å²) < 4.78 is 0. The number of rotatable bonds is 4. The normalized spacial score (nSPS) is 15.8. The third kappa shape index (κ3) is 3.86. The Balaban J connectivity index is 1.65. The minimum absolute atomic E-state index is 0.0876. The lowest BCUT2D eigenvalue weighted by Crippen LogP contribution is -2.39. The van der Waals surface area contributed by atoms with E-state index in [1.54, 1.807) is 30.1 Å². The molecule has 0 radical (unpaired) electrons. The topological polar surface area (TPSA) is 102 Å². The van der Waals surface area contributed by atoms with Crippen LogP contribution in [-0.2, 0) is 11.2 Å². The molecular formula is C18H19N5O2. The Morgan fingerprint density at radius 1 is 1.44 bits per heavy atom. The van der Waals surface area contributed by atoms with Crippen LogP contribution in [0.4, 0.5) is 5.82 Å². The predicted molar refractivity (Wildman–Crippen MR) is 93.1 cm³/mol. The van der Waals surface area contributed by atoms with Crippen LogP contribution in [0.5, 0.6) is 0 Å². The average molecular weight is 337 g/mol. The summed E-state index contributed by atoms with van der Waals surface area (Å²) >= 11 is 0. The lowest BCUT2D eigenvalue weighted by molar-refractivity contribution is -0.120. The van der Waals surface area contributed by atoms with Crippen molar-refractivity contribution in [2.24, 2.45) is 0 Å². The largest absolute Gasteiger partial charge is 0.350 e. The number of aromatic amines is 1. The quantitative estimate of drug-likeness (QED) is 0.875. The zero-order valence-electron chi connectivity index (χ0n) is 14.0. The summed E-state index contributed by atoms with van der Waals surface area (Å²) in [5.41, 5.74) is 2.26. The van der Waals surface area contributed by atoms with Crippen LogP contribution in [0.3, 0.4) is 0 Å². The van der Waals surface area contributed by atoms with Crippen LogP contribution >= 0.6 is 0 Å². The lowest BCUT2D eigenvalue weighted by Gasteiger charge is -2.27. The molecule has 2 aromatic rings. The molecule has 2 aromatic heterocycles. The van der Waals surface area contributed by atoms with Gasteiger partial charge in [-0.25, -0.2) is 4.98 Å². The molecule has 1 atom stereocenters. The van der Waals surface area contributed by atoms with Gasteiger partial charge in [0.05, 0.1) is 18.2 Å². The summed E-state index contributed by atoms with van der Waals surface area (Å²) in [6.45, 7) is 0.161. The van der Waals surface area contributed by atoms with Gasteiger partial charge in [-0.05, 0) is 43.0 Å². The van der Waals surface area contributed by atoms with Gasteiger partial charge in [0.1, 0.15) is 11.9 Å². The molecule has 2 N–H and O–H groups in total. The number of anilines is 1. The van der Waals surface area contributed by atoms with Crippen LogP contribution in [0.15, 0.2) is 35.3 Å². The van der Waals surface area contributed by atoms with Gasteiger partial charge in [-0.2, -0.15) is 5.26 Å². The highest BCUT2D eigenvalue weighted by Crippen LogP contribution is 2.27. The average Bonchev–Trinajstić information content (AvgIpc) is 2.61. The minimum atomic E-state index is -0.114. The number of likely N-dealkylation sites (N-methyl/N-ethyl adjacent to an activating group) is 1. The minimum Gasteiger partial charge on any atom is -0.350 e. The van der Waals surface area contributed by atoms with Gasteiger partial charge in [0, 0.05) is 25.0 Å². The zero-order valence-corrected chi connectivity index (χ0v) is 14.0. The first kappa shape index (κ1) is 16.7. The van der Waals surface area contributed by atoms with Crippen LogP contribution < -0.4 is 15.8 Å². The predicted octanol–water partition coefficient (Wildman–Crippen LogP) is 1.27. The Morgan fingerprint density at radius 2 is 2.28 bits per heavy atom. The van der Waals surface area contributed by atoms with Gasteiger partial charge < -0.3 is 15.2 Å². The molecule has 0 saturated heterocycles. The van der Waals surface area contributed by atoms with E-state index in [2.05, 4.69) is 15.3 Å². The van der Waals surface area contributed by atoms with E-state index in [9.17, 15) is 9.59 Å². The number of fused-ring (bicyclic) bond motifs is 1. The van der Waals surface area contributed by atoms with E-state index in [-0.39, 0.29) is 24.1 Å². The second-order valence-corrected chi connectivity index (χ2v) is 6.14. The molecule has 0 saturated carbocycles. The van der Waals surface area contributed by atoms with Gasteiger partial charge in [0.25, 0.3) is 0 Å². The number of pyridine rings is 2. The molecule has 0 aromatic carbocycles. The highest BCUT2D eigenvalue weighted by Gasteiger charge is 2.22. The number of hydrogen-bond acceptors (Lipinski definition) is 5. The summed E-state index contributed by atoms with van der Waals surface area (Å²) in [7, 11) is 1.78. The first-order valence-electron chi connectivity index (χ1n) is 8.15. The molecule has 3 rings (SSSR count). The first-order valence-corrected chi connectivity index (χ1v) is 8.15. The van der Waals surface area contributed by atoms with E-state index in [0.717, 1.165) is 30.5 Å². The Kier molecular flexibility index (Phi) is 4.80. The summed E-state index contributed by atoms with van der Waals surface area (Å²) in [4.78, 5) is 32.6. The Bertz CT molecular complexity index is 866. The highest BCUT2D eigenvalue weighted by molar-refractivity contribution is 5.81. The standard InChI is InChI=1S/C18H19N5O2/c1-23(16-7-5-12(9-19)10-20-16)11-18(25)22-15-4-2-3-14-13(15)6-8-17(24)21-14/h5-8,10,15H,2-4,11H2,1H3,(H,21,24)(H,22,25). The molecule has 0 aliphatic heterocycles. The van der Waals surface area contributed by atoms with Gasteiger partial charge in [-0.15, -0.1) is 0 Å². The van der Waals surface area contributed by atoms with Crippen molar-refractivity contribution in [2.45, 2.75) is 25.3 Å². The van der Waals surface area contributed by atoms with Crippen LogP contribution in [0.2, 0.25) is 0 Å². The Morgan fingerprint density at radius 3 is 3.00 bits per heavy atom. The number of hydrogen-bond donors (Lipinski definition) is 2. The van der Waals surface area contributed by atoms with Crippen LogP contribution in [0.25, 0.3) is 0 Å². The van der Waals surface area contributed by atoms with Gasteiger partial charge in [0.2, 0.25) is 11.5 Å². The number of H-pyrrole nitrogens is 1. The molecule has 25 heavy (non-hydrogen) atoms. The monoisotopic (exact) mass is 337 g/mol. The van der Waals surface area contributed by atoms with Crippen molar-refractivity contribution in [3.05, 3.63) is 57.6 Å². The number of nitrogens with one attached hydrogen (secondary N) is 2. The third-order valence-corrected chi connectivity index (χ3v) is 4.32. The first-order chi connectivity index (χ1) is 12.1. The van der Waals surface area contributed by atoms with Crippen LogP contribution in [-0.4, -0.2) is 29.5 Å². The zero-order chi connectivity index (χ0) is 17.8. The summed E-state index contributed by atoms with van der Waals surface area (Å²) in [5, 5.41) is 11.8. The number of nitriles is 1. The Hall–Kier alpha value is -3.14. The van der Waals surface area contributed by atoms with Gasteiger partial charge in [-0.3, -0.25) is 9.59 Å². The molecule has 128 valence electrons. The molecule has 1 amide bonds.